The van der Waals surface area contributed by atoms with E-state index in [1.165, 1.54) is 5.56 Å². The number of nitrogens with zero attached hydrogens (tertiary/aromatic N) is 1. The normalized spacial score (nSPS) is 22.2. The third-order valence-corrected chi connectivity index (χ3v) is 4.70. The van der Waals surface area contributed by atoms with Gasteiger partial charge in [0.1, 0.15) is 11.5 Å². The highest BCUT2D eigenvalue weighted by molar-refractivity contribution is 5.82. The second kappa shape index (κ2) is 6.97. The van der Waals surface area contributed by atoms with Crippen molar-refractivity contribution in [3.8, 4) is 5.75 Å². The van der Waals surface area contributed by atoms with E-state index in [1.54, 1.807) is 12.1 Å². The molecule has 2 aromatic rings. The van der Waals surface area contributed by atoms with Crippen molar-refractivity contribution in [2.45, 2.75) is 25.8 Å². The first-order valence-corrected chi connectivity index (χ1v) is 8.23. The van der Waals surface area contributed by atoms with Crippen LogP contribution in [-0.4, -0.2) is 28.9 Å². The highest BCUT2D eigenvalue weighted by Crippen LogP contribution is 2.32. The van der Waals surface area contributed by atoms with Gasteiger partial charge < -0.3 is 5.11 Å². The number of likely N-dealkylation sites (tertiary alicyclic amines) is 1. The lowest BCUT2D eigenvalue weighted by molar-refractivity contribution is -0.127. The van der Waals surface area contributed by atoms with Crippen LogP contribution in [0.4, 0.5) is 0 Å². The van der Waals surface area contributed by atoms with Gasteiger partial charge in [0.25, 0.3) is 0 Å². The van der Waals surface area contributed by atoms with Crippen molar-refractivity contribution >= 4 is 5.78 Å². The molecule has 1 fully saturated rings. The Labute approximate surface area is 137 Å². The number of carbonyl (C=O) groups excluding carboxylic acids is 1. The summed E-state index contributed by atoms with van der Waals surface area (Å²) in [7, 11) is 0. The molecular weight excluding hydrogens is 286 g/mol. The molecule has 3 heteroatoms. The van der Waals surface area contributed by atoms with Crippen molar-refractivity contribution < 1.29 is 9.90 Å². The molecule has 120 valence electrons. The van der Waals surface area contributed by atoms with Crippen molar-refractivity contribution in [3.63, 3.8) is 0 Å². The van der Waals surface area contributed by atoms with E-state index in [0.717, 1.165) is 25.1 Å². The Morgan fingerprint density at radius 2 is 1.78 bits per heavy atom. The first-order valence-electron chi connectivity index (χ1n) is 8.23. The van der Waals surface area contributed by atoms with Crippen molar-refractivity contribution in [1.82, 2.24) is 4.90 Å². The van der Waals surface area contributed by atoms with Crippen LogP contribution >= 0.6 is 0 Å². The fourth-order valence-corrected chi connectivity index (χ4v) is 3.29. The monoisotopic (exact) mass is 309 g/mol. The number of hydrogen-bond donors (Lipinski definition) is 1. The molecule has 2 aromatic carbocycles. The molecule has 1 N–H and O–H groups in total. The Morgan fingerprint density at radius 1 is 1.09 bits per heavy atom. The number of phenolic OH excluding ortho intramolecular Hbond substituents is 1. The number of piperidine rings is 1. The van der Waals surface area contributed by atoms with Crippen LogP contribution in [0.3, 0.4) is 0 Å². The predicted octanol–water partition coefficient (Wildman–Crippen LogP) is 3.59. The topological polar surface area (TPSA) is 40.5 Å². The first kappa shape index (κ1) is 15.8. The van der Waals surface area contributed by atoms with E-state index in [9.17, 15) is 9.90 Å². The van der Waals surface area contributed by atoms with Gasteiger partial charge in [-0.05, 0) is 29.7 Å². The Hall–Kier alpha value is -2.13. The Kier molecular flexibility index (Phi) is 4.77. The number of ketones is 1. The summed E-state index contributed by atoms with van der Waals surface area (Å²) >= 11 is 0. The number of aromatic hydroxyl groups is 1. The molecule has 2 atom stereocenters. The number of rotatable bonds is 4. The standard InChI is InChI=1S/C20H23NO2/c1-15-14-21(12-11-16-5-3-2-4-6-16)19(13-20(15)23)17-7-9-18(22)10-8-17/h2-10,15,19,22H,11-14H2,1H3/t15-,19-/m0/s1. The van der Waals surface area contributed by atoms with Crippen LogP contribution in [-0.2, 0) is 11.2 Å². The maximum atomic E-state index is 12.2. The molecule has 0 unspecified atom stereocenters. The Bertz CT molecular complexity index is 651. The molecule has 0 radical (unpaired) electrons. The van der Waals surface area contributed by atoms with Crippen molar-refractivity contribution in [2.24, 2.45) is 5.92 Å². The molecule has 0 bridgehead atoms. The molecule has 1 aliphatic heterocycles. The zero-order chi connectivity index (χ0) is 16.2. The summed E-state index contributed by atoms with van der Waals surface area (Å²) in [4.78, 5) is 14.6. The van der Waals surface area contributed by atoms with Crippen LogP contribution in [0.1, 0.15) is 30.5 Å². The van der Waals surface area contributed by atoms with Gasteiger partial charge in [0, 0.05) is 31.5 Å². The average Bonchev–Trinajstić information content (AvgIpc) is 2.57. The van der Waals surface area contributed by atoms with Crippen LogP contribution in [0, 0.1) is 5.92 Å². The molecule has 1 aliphatic rings. The third kappa shape index (κ3) is 3.80. The molecular formula is C20H23NO2. The van der Waals surface area contributed by atoms with E-state index in [0.29, 0.717) is 12.2 Å². The second-order valence-electron chi connectivity index (χ2n) is 6.41. The molecule has 23 heavy (non-hydrogen) atoms. The average molecular weight is 309 g/mol. The van der Waals surface area contributed by atoms with Crippen LogP contribution < -0.4 is 0 Å². The van der Waals surface area contributed by atoms with Gasteiger partial charge in [-0.1, -0.05) is 49.4 Å². The van der Waals surface area contributed by atoms with E-state index in [4.69, 9.17) is 0 Å². The van der Waals surface area contributed by atoms with E-state index < -0.39 is 0 Å². The summed E-state index contributed by atoms with van der Waals surface area (Å²) in [6.45, 7) is 3.76. The smallest absolute Gasteiger partial charge is 0.138 e. The summed E-state index contributed by atoms with van der Waals surface area (Å²) < 4.78 is 0. The van der Waals surface area contributed by atoms with Crippen molar-refractivity contribution in [3.05, 3.63) is 65.7 Å². The summed E-state index contributed by atoms with van der Waals surface area (Å²) in [6, 6.07) is 17.8. The summed E-state index contributed by atoms with van der Waals surface area (Å²) in [5, 5.41) is 9.49. The summed E-state index contributed by atoms with van der Waals surface area (Å²) in [5.41, 5.74) is 2.43. The molecule has 1 heterocycles. The number of carbonyl (C=O) groups is 1. The highest BCUT2D eigenvalue weighted by atomic mass is 16.3. The largest absolute Gasteiger partial charge is 0.508 e. The van der Waals surface area contributed by atoms with Crippen LogP contribution in [0.25, 0.3) is 0 Å². The van der Waals surface area contributed by atoms with Gasteiger partial charge in [0.05, 0.1) is 0 Å². The summed E-state index contributed by atoms with van der Waals surface area (Å²) in [5.74, 6) is 0.693. The van der Waals surface area contributed by atoms with Crippen LogP contribution in [0.2, 0.25) is 0 Å². The third-order valence-electron chi connectivity index (χ3n) is 4.70. The first-order chi connectivity index (χ1) is 11.1. The molecule has 0 amide bonds. The number of benzene rings is 2. The van der Waals surface area contributed by atoms with Gasteiger partial charge in [-0.25, -0.2) is 0 Å². The van der Waals surface area contributed by atoms with Crippen LogP contribution in [0.15, 0.2) is 54.6 Å². The van der Waals surface area contributed by atoms with Gasteiger partial charge in [-0.15, -0.1) is 0 Å². The van der Waals surface area contributed by atoms with Gasteiger partial charge in [0.15, 0.2) is 0 Å². The molecule has 0 spiro atoms. The minimum Gasteiger partial charge on any atom is -0.508 e. The van der Waals surface area contributed by atoms with Crippen LogP contribution in [0.5, 0.6) is 5.75 Å². The Morgan fingerprint density at radius 3 is 2.48 bits per heavy atom. The number of Topliss-reactive ketones (excluding diaryl/α,β-unsaturated/α-hetero) is 1. The van der Waals surface area contributed by atoms with E-state index >= 15 is 0 Å². The van der Waals surface area contributed by atoms with Gasteiger partial charge in [-0.3, -0.25) is 9.69 Å². The van der Waals surface area contributed by atoms with E-state index in [2.05, 4.69) is 29.2 Å². The highest BCUT2D eigenvalue weighted by Gasteiger charge is 2.32. The maximum Gasteiger partial charge on any atom is 0.138 e. The quantitative estimate of drug-likeness (QED) is 0.938. The minimum absolute atomic E-state index is 0.0964. The molecule has 3 nitrogen and oxygen atoms in total. The molecule has 1 saturated heterocycles. The molecule has 0 saturated carbocycles. The fourth-order valence-electron chi connectivity index (χ4n) is 3.29. The van der Waals surface area contributed by atoms with Gasteiger partial charge >= 0.3 is 0 Å². The molecule has 0 aromatic heterocycles. The SMILES string of the molecule is C[C@H]1CN(CCc2ccccc2)[C@H](c2ccc(O)cc2)CC1=O. The number of phenols is 1. The van der Waals surface area contributed by atoms with Crippen molar-refractivity contribution in [2.75, 3.05) is 13.1 Å². The molecule has 0 aliphatic carbocycles. The summed E-state index contributed by atoms with van der Waals surface area (Å²) in [6.07, 6.45) is 1.54. The number of hydrogen-bond acceptors (Lipinski definition) is 3. The Balaban J connectivity index is 1.76. The van der Waals surface area contributed by atoms with Crippen molar-refractivity contribution in [1.29, 1.82) is 0 Å². The van der Waals surface area contributed by atoms with Gasteiger partial charge in [-0.2, -0.15) is 0 Å². The lowest BCUT2D eigenvalue weighted by atomic mass is 9.88. The lowest BCUT2D eigenvalue weighted by Crippen LogP contribution is -2.42. The predicted molar refractivity (Wildman–Crippen MR) is 91.4 cm³/mol. The zero-order valence-electron chi connectivity index (χ0n) is 13.5. The van der Waals surface area contributed by atoms with E-state index in [-0.39, 0.29) is 17.7 Å². The maximum absolute atomic E-state index is 12.2. The molecule has 3 rings (SSSR count). The second-order valence-corrected chi connectivity index (χ2v) is 6.41. The zero-order valence-corrected chi connectivity index (χ0v) is 13.5. The lowest BCUT2D eigenvalue weighted by Gasteiger charge is -2.38. The van der Waals surface area contributed by atoms with Gasteiger partial charge in [0.2, 0.25) is 0 Å². The fraction of sp³-hybridized carbons (Fsp3) is 0.350. The minimum atomic E-state index is 0.0964. The van der Waals surface area contributed by atoms with E-state index in [1.807, 2.05) is 25.1 Å².